The Bertz CT molecular complexity index is 85.9. The number of thioether (sulfide) groups is 1. The van der Waals surface area contributed by atoms with Crippen molar-refractivity contribution in [2.75, 3.05) is 0 Å². The number of hydrogen-bond acceptors (Lipinski definition) is 3. The highest BCUT2D eigenvalue weighted by atomic mass is 32.2. The Morgan fingerprint density at radius 3 is 1.43 bits per heavy atom. The lowest BCUT2D eigenvalue weighted by molar-refractivity contribution is 1.54. The molecule has 3 heteroatoms. The minimum absolute atomic E-state index is 0.479. The molecule has 0 aromatic heterocycles. The second kappa shape index (κ2) is 2.58. The summed E-state index contributed by atoms with van der Waals surface area (Å²) in [5, 5.41) is 0.958. The van der Waals surface area contributed by atoms with Crippen molar-refractivity contribution in [1.29, 1.82) is 0 Å². The van der Waals surface area contributed by atoms with Crippen LogP contribution in [0.3, 0.4) is 0 Å². The molecule has 0 bridgehead atoms. The molecule has 0 fully saturated rings. The summed E-state index contributed by atoms with van der Waals surface area (Å²) in [5.41, 5.74) is 10.2. The Morgan fingerprint density at radius 2 is 1.43 bits per heavy atom. The van der Waals surface area contributed by atoms with E-state index in [2.05, 4.69) is 13.2 Å². The summed E-state index contributed by atoms with van der Waals surface area (Å²) in [6.07, 6.45) is 0. The number of rotatable bonds is 2. The van der Waals surface area contributed by atoms with Gasteiger partial charge in [0.1, 0.15) is 0 Å². The second-order valence-corrected chi connectivity index (χ2v) is 2.29. The van der Waals surface area contributed by atoms with E-state index < -0.39 is 0 Å². The zero-order chi connectivity index (χ0) is 5.86. The first kappa shape index (κ1) is 6.43. The van der Waals surface area contributed by atoms with Gasteiger partial charge in [0.15, 0.2) is 0 Å². The van der Waals surface area contributed by atoms with E-state index in [1.54, 1.807) is 0 Å². The van der Waals surface area contributed by atoms with Crippen LogP contribution in [0.25, 0.3) is 0 Å². The number of hydrogen-bond donors (Lipinski definition) is 2. The molecule has 0 aliphatic rings. The van der Waals surface area contributed by atoms with Crippen molar-refractivity contribution in [3.63, 3.8) is 0 Å². The van der Waals surface area contributed by atoms with Gasteiger partial charge in [-0.25, -0.2) is 0 Å². The fourth-order valence-corrected chi connectivity index (χ4v) is 0.505. The summed E-state index contributed by atoms with van der Waals surface area (Å²) in [7, 11) is 0. The Hall–Kier alpha value is -0.570. The SMILES string of the molecule is C=C(N)SC(=C)N. The number of nitrogens with two attached hydrogens (primary N) is 2. The standard InChI is InChI=1S/C4H8N2S/c1-3(5)7-4(2)6/h1-2,5-6H2. The van der Waals surface area contributed by atoms with E-state index in [-0.39, 0.29) is 0 Å². The third-order valence-electron chi connectivity index (χ3n) is 0.262. The van der Waals surface area contributed by atoms with E-state index in [0.29, 0.717) is 10.1 Å². The molecule has 4 N–H and O–H groups in total. The minimum Gasteiger partial charge on any atom is -0.394 e. The third kappa shape index (κ3) is 5.43. The molecule has 0 saturated carbocycles. The summed E-state index contributed by atoms with van der Waals surface area (Å²) in [5.74, 6) is 0. The molecule has 0 atom stereocenters. The van der Waals surface area contributed by atoms with Crippen molar-refractivity contribution in [2.24, 2.45) is 11.5 Å². The van der Waals surface area contributed by atoms with Crippen molar-refractivity contribution in [2.45, 2.75) is 0 Å². The summed E-state index contributed by atoms with van der Waals surface area (Å²) in [6, 6.07) is 0. The zero-order valence-electron chi connectivity index (χ0n) is 3.98. The molecule has 7 heavy (non-hydrogen) atoms. The summed E-state index contributed by atoms with van der Waals surface area (Å²) in [4.78, 5) is 0. The third-order valence-corrected chi connectivity index (χ3v) is 0.787. The zero-order valence-corrected chi connectivity index (χ0v) is 4.79. The molecular formula is C4H8N2S. The highest BCUT2D eigenvalue weighted by Crippen LogP contribution is 2.11. The van der Waals surface area contributed by atoms with Crippen LogP contribution < -0.4 is 11.5 Å². The maximum atomic E-state index is 5.12. The van der Waals surface area contributed by atoms with Gasteiger partial charge >= 0.3 is 0 Å². The van der Waals surface area contributed by atoms with Gasteiger partial charge in [-0.15, -0.1) is 0 Å². The smallest absolute Gasteiger partial charge is 0.0644 e. The molecular weight excluding hydrogens is 108 g/mol. The van der Waals surface area contributed by atoms with Crippen molar-refractivity contribution >= 4 is 11.8 Å². The average molecular weight is 116 g/mol. The average Bonchev–Trinajstić information content (AvgIpc) is 1.27. The van der Waals surface area contributed by atoms with E-state index in [4.69, 9.17) is 11.5 Å². The van der Waals surface area contributed by atoms with Crippen molar-refractivity contribution in [3.05, 3.63) is 23.2 Å². The van der Waals surface area contributed by atoms with E-state index in [1.807, 2.05) is 0 Å². The van der Waals surface area contributed by atoms with Gasteiger partial charge in [0, 0.05) is 0 Å². The lowest BCUT2D eigenvalue weighted by Gasteiger charge is -1.93. The van der Waals surface area contributed by atoms with Gasteiger partial charge in [0.05, 0.1) is 10.1 Å². The molecule has 0 heterocycles. The summed E-state index contributed by atoms with van der Waals surface area (Å²) >= 11 is 1.18. The van der Waals surface area contributed by atoms with Crippen LogP contribution >= 0.6 is 11.8 Å². The minimum atomic E-state index is 0.479. The molecule has 0 aliphatic carbocycles. The van der Waals surface area contributed by atoms with Gasteiger partial charge in [-0.1, -0.05) is 24.9 Å². The first-order valence-electron chi connectivity index (χ1n) is 1.69. The second-order valence-electron chi connectivity index (χ2n) is 1.03. The van der Waals surface area contributed by atoms with Gasteiger partial charge in [-0.2, -0.15) is 0 Å². The Balaban J connectivity index is 3.32. The maximum absolute atomic E-state index is 5.12. The molecule has 0 radical (unpaired) electrons. The molecule has 0 spiro atoms. The van der Waals surface area contributed by atoms with E-state index >= 15 is 0 Å². The lowest BCUT2D eigenvalue weighted by Crippen LogP contribution is -1.94. The van der Waals surface area contributed by atoms with Gasteiger partial charge in [-0.3, -0.25) is 0 Å². The van der Waals surface area contributed by atoms with Crippen molar-refractivity contribution < 1.29 is 0 Å². The Morgan fingerprint density at radius 1 is 1.14 bits per heavy atom. The van der Waals surface area contributed by atoms with Gasteiger partial charge in [-0.05, 0) is 0 Å². The van der Waals surface area contributed by atoms with Crippen molar-refractivity contribution in [3.8, 4) is 0 Å². The van der Waals surface area contributed by atoms with Crippen LogP contribution in [-0.4, -0.2) is 0 Å². The topological polar surface area (TPSA) is 52.0 Å². The molecule has 2 nitrogen and oxygen atoms in total. The Labute approximate surface area is 47.3 Å². The van der Waals surface area contributed by atoms with Crippen LogP contribution in [0.1, 0.15) is 0 Å². The highest BCUT2D eigenvalue weighted by molar-refractivity contribution is 8.06. The van der Waals surface area contributed by atoms with Crippen LogP contribution in [0, 0.1) is 0 Å². The Kier molecular flexibility index (Phi) is 2.37. The fourth-order valence-electron chi connectivity index (χ4n) is 0.168. The fraction of sp³-hybridized carbons (Fsp3) is 0. The monoisotopic (exact) mass is 116 g/mol. The lowest BCUT2D eigenvalue weighted by atomic mass is 11.1. The van der Waals surface area contributed by atoms with Crippen LogP contribution in [0.5, 0.6) is 0 Å². The van der Waals surface area contributed by atoms with Gasteiger partial charge < -0.3 is 11.5 Å². The van der Waals surface area contributed by atoms with Crippen molar-refractivity contribution in [1.82, 2.24) is 0 Å². The predicted octanol–water partition coefficient (Wildman–Crippen LogP) is 0.579. The van der Waals surface area contributed by atoms with E-state index in [1.165, 1.54) is 11.8 Å². The molecule has 0 aromatic carbocycles. The molecule has 0 aromatic rings. The van der Waals surface area contributed by atoms with Crippen LogP contribution in [-0.2, 0) is 0 Å². The van der Waals surface area contributed by atoms with E-state index in [0.717, 1.165) is 0 Å². The van der Waals surface area contributed by atoms with E-state index in [9.17, 15) is 0 Å². The summed E-state index contributed by atoms with van der Waals surface area (Å²) < 4.78 is 0. The molecule has 0 amide bonds. The molecule has 0 aliphatic heterocycles. The first-order valence-corrected chi connectivity index (χ1v) is 2.51. The molecule has 0 unspecified atom stereocenters. The van der Waals surface area contributed by atoms with Gasteiger partial charge in [0.2, 0.25) is 0 Å². The normalized spacial score (nSPS) is 8.00. The largest absolute Gasteiger partial charge is 0.394 e. The first-order chi connectivity index (χ1) is 3.13. The van der Waals surface area contributed by atoms with Crippen LogP contribution in [0.15, 0.2) is 23.2 Å². The van der Waals surface area contributed by atoms with Crippen LogP contribution in [0.4, 0.5) is 0 Å². The molecule has 0 saturated heterocycles. The van der Waals surface area contributed by atoms with Crippen LogP contribution in [0.2, 0.25) is 0 Å². The highest BCUT2D eigenvalue weighted by Gasteiger charge is 1.84. The van der Waals surface area contributed by atoms with Gasteiger partial charge in [0.25, 0.3) is 0 Å². The quantitative estimate of drug-likeness (QED) is 0.555. The molecule has 0 rings (SSSR count). The summed E-state index contributed by atoms with van der Waals surface area (Å²) in [6.45, 7) is 6.79. The maximum Gasteiger partial charge on any atom is 0.0644 e. The molecule has 40 valence electrons. The predicted molar refractivity (Wildman–Crippen MR) is 34.2 cm³/mol.